The molecular weight excluding hydrogens is 380 g/mol. The Kier molecular flexibility index (Phi) is 6.22. The number of rotatable bonds is 3. The second-order valence-corrected chi connectivity index (χ2v) is 7.37. The van der Waals surface area contributed by atoms with E-state index in [1.165, 1.54) is 11.1 Å². The minimum atomic E-state index is -0.433. The topological polar surface area (TPSA) is 33.4 Å². The summed E-state index contributed by atoms with van der Waals surface area (Å²) in [4.78, 5) is 13.7. The molecule has 0 atom stereocenters. The number of likely N-dealkylation sites (tertiary alicyclic amines) is 1. The molecule has 1 saturated heterocycles. The summed E-state index contributed by atoms with van der Waals surface area (Å²) in [5, 5.41) is 0. The molecule has 5 heteroatoms. The fraction of sp³-hybridized carbons (Fsp3) is 0.400. The Labute approximate surface area is 160 Å². The van der Waals surface area contributed by atoms with Crippen LogP contribution in [0.3, 0.4) is 0 Å². The van der Waals surface area contributed by atoms with Gasteiger partial charge in [-0.05, 0) is 26.3 Å². The molecule has 4 nitrogen and oxygen atoms in total. The number of hydrogen-bond acceptors (Lipinski definition) is 2. The van der Waals surface area contributed by atoms with Gasteiger partial charge < -0.3 is 26.6 Å². The number of aromatic nitrogens is 1. The molecule has 3 rings (SSSR count). The monoisotopic (exact) mass is 404 g/mol. The maximum atomic E-state index is 12.0. The fourth-order valence-electron chi connectivity index (χ4n) is 2.81. The molecule has 0 bridgehead atoms. The van der Waals surface area contributed by atoms with Crippen LogP contribution in [0.5, 0.6) is 0 Å². The van der Waals surface area contributed by atoms with Gasteiger partial charge in [-0.3, -0.25) is 0 Å². The number of pyridine rings is 1. The molecule has 0 aliphatic carbocycles. The highest BCUT2D eigenvalue weighted by Crippen LogP contribution is 2.27. The zero-order valence-corrected chi connectivity index (χ0v) is 16.6. The molecule has 0 spiro atoms. The Morgan fingerprint density at radius 1 is 1.12 bits per heavy atom. The number of ether oxygens (including phenoxy) is 1. The first-order valence-electron chi connectivity index (χ1n) is 8.41. The fourth-order valence-corrected chi connectivity index (χ4v) is 2.81. The molecule has 134 valence electrons. The van der Waals surface area contributed by atoms with Crippen molar-refractivity contribution in [3.63, 3.8) is 0 Å². The third-order valence-corrected chi connectivity index (χ3v) is 4.13. The molecule has 0 N–H and O–H groups in total. The Morgan fingerprint density at radius 2 is 1.72 bits per heavy atom. The number of amides is 1. The van der Waals surface area contributed by atoms with Gasteiger partial charge in [0.1, 0.15) is 5.60 Å². The van der Waals surface area contributed by atoms with Crippen molar-refractivity contribution in [2.75, 3.05) is 13.1 Å². The van der Waals surface area contributed by atoms with Gasteiger partial charge in [0.15, 0.2) is 18.9 Å². The molecule has 25 heavy (non-hydrogen) atoms. The second-order valence-electron chi connectivity index (χ2n) is 7.37. The Balaban J connectivity index is 0.00000225. The third-order valence-electron chi connectivity index (χ3n) is 4.13. The number of carbonyl (C=O) groups excluding carboxylic acids is 1. The van der Waals surface area contributed by atoms with Crippen molar-refractivity contribution in [1.82, 2.24) is 4.90 Å². The van der Waals surface area contributed by atoms with Crippen LogP contribution in [0, 0.1) is 0 Å². The van der Waals surface area contributed by atoms with Crippen molar-refractivity contribution in [3.8, 4) is 0 Å². The lowest BCUT2D eigenvalue weighted by Gasteiger charge is -2.39. The van der Waals surface area contributed by atoms with Gasteiger partial charge in [-0.1, -0.05) is 30.3 Å². The number of carbonyl (C=O) groups is 1. The highest BCUT2D eigenvalue weighted by Gasteiger charge is 2.34. The summed E-state index contributed by atoms with van der Waals surface area (Å²) in [6.45, 7) is 8.02. The molecule has 2 aromatic rings. The number of halogens is 1. The van der Waals surface area contributed by atoms with E-state index in [2.05, 4.69) is 53.4 Å². The maximum Gasteiger partial charge on any atom is 0.410 e. The van der Waals surface area contributed by atoms with Crippen molar-refractivity contribution >= 4 is 6.09 Å². The van der Waals surface area contributed by atoms with Crippen molar-refractivity contribution in [1.29, 1.82) is 0 Å². The normalized spacial score (nSPS) is 14.4. The average Bonchev–Trinajstić information content (AvgIpc) is 2.47. The predicted molar refractivity (Wildman–Crippen MR) is 92.7 cm³/mol. The highest BCUT2D eigenvalue weighted by atomic mass is 79.9. The van der Waals surface area contributed by atoms with Gasteiger partial charge >= 0.3 is 6.09 Å². The van der Waals surface area contributed by atoms with E-state index in [1.54, 1.807) is 4.90 Å². The summed E-state index contributed by atoms with van der Waals surface area (Å²) < 4.78 is 7.56. The quantitative estimate of drug-likeness (QED) is 0.692. The van der Waals surface area contributed by atoms with E-state index < -0.39 is 5.60 Å². The first-order valence-corrected chi connectivity index (χ1v) is 8.41. The maximum absolute atomic E-state index is 12.0. The van der Waals surface area contributed by atoms with Gasteiger partial charge in [0.05, 0.1) is 0 Å². The highest BCUT2D eigenvalue weighted by molar-refractivity contribution is 5.69. The average molecular weight is 405 g/mol. The van der Waals surface area contributed by atoms with Gasteiger partial charge in [0.2, 0.25) is 0 Å². The summed E-state index contributed by atoms with van der Waals surface area (Å²) in [5.41, 5.74) is 2.13. The molecule has 0 radical (unpaired) electrons. The number of benzene rings is 1. The molecule has 0 saturated carbocycles. The molecule has 1 fully saturated rings. The lowest BCUT2D eigenvalue weighted by molar-refractivity contribution is -0.688. The number of hydrogen-bond donors (Lipinski definition) is 0. The van der Waals surface area contributed by atoms with Gasteiger partial charge in [0, 0.05) is 36.7 Å². The number of nitrogens with zero attached hydrogens (tertiary/aromatic N) is 2. The smallest absolute Gasteiger partial charge is 0.410 e. The molecular formula is C20H25BrN2O2. The van der Waals surface area contributed by atoms with Gasteiger partial charge in [0.25, 0.3) is 0 Å². The zero-order valence-electron chi connectivity index (χ0n) is 15.0. The Morgan fingerprint density at radius 3 is 2.28 bits per heavy atom. The van der Waals surface area contributed by atoms with Gasteiger partial charge in [-0.15, -0.1) is 0 Å². The lowest BCUT2D eigenvalue weighted by Crippen LogP contribution is -3.00. The first kappa shape index (κ1) is 19.4. The van der Waals surface area contributed by atoms with E-state index in [1.807, 2.05) is 26.8 Å². The van der Waals surface area contributed by atoms with Gasteiger partial charge in [-0.25, -0.2) is 9.36 Å². The Bertz CT molecular complexity index is 690. The molecule has 1 amide bonds. The van der Waals surface area contributed by atoms with E-state index in [-0.39, 0.29) is 23.1 Å². The SMILES string of the molecule is CC(C)(C)OC(=O)N1CC(c2cc[n+](Cc3ccccc3)cc2)C1.[Br-]. The summed E-state index contributed by atoms with van der Waals surface area (Å²) in [6.07, 6.45) is 4.01. The van der Waals surface area contributed by atoms with Crippen LogP contribution in [0.2, 0.25) is 0 Å². The second kappa shape index (κ2) is 8.00. The van der Waals surface area contributed by atoms with E-state index >= 15 is 0 Å². The molecule has 1 aromatic heterocycles. The predicted octanol–water partition coefficient (Wildman–Crippen LogP) is 0.361. The van der Waals surface area contributed by atoms with Gasteiger partial charge in [-0.2, -0.15) is 0 Å². The first-order chi connectivity index (χ1) is 11.4. The Hall–Kier alpha value is -1.88. The third kappa shape index (κ3) is 5.30. The molecule has 2 heterocycles. The van der Waals surface area contributed by atoms with Crippen LogP contribution in [0.4, 0.5) is 4.79 Å². The zero-order chi connectivity index (χ0) is 17.2. The lowest BCUT2D eigenvalue weighted by atomic mass is 9.93. The van der Waals surface area contributed by atoms with Crippen LogP contribution in [0.15, 0.2) is 54.9 Å². The van der Waals surface area contributed by atoms with Crippen LogP contribution in [0.1, 0.15) is 37.8 Å². The van der Waals surface area contributed by atoms with Crippen molar-refractivity contribution in [2.24, 2.45) is 0 Å². The minimum Gasteiger partial charge on any atom is -1.00 e. The van der Waals surface area contributed by atoms with Crippen LogP contribution >= 0.6 is 0 Å². The summed E-state index contributed by atoms with van der Waals surface area (Å²) in [6, 6.07) is 14.7. The van der Waals surface area contributed by atoms with Crippen LogP contribution < -0.4 is 21.5 Å². The summed E-state index contributed by atoms with van der Waals surface area (Å²) in [7, 11) is 0. The molecule has 0 unspecified atom stereocenters. The van der Waals surface area contributed by atoms with Crippen LogP contribution in [-0.4, -0.2) is 29.7 Å². The van der Waals surface area contributed by atoms with Crippen LogP contribution in [0.25, 0.3) is 0 Å². The minimum absolute atomic E-state index is 0. The molecule has 1 aliphatic rings. The van der Waals surface area contributed by atoms with Crippen LogP contribution in [-0.2, 0) is 11.3 Å². The van der Waals surface area contributed by atoms with E-state index in [0.717, 1.165) is 19.6 Å². The van der Waals surface area contributed by atoms with E-state index in [0.29, 0.717) is 5.92 Å². The van der Waals surface area contributed by atoms with Crippen molar-refractivity contribution in [3.05, 3.63) is 66.0 Å². The summed E-state index contributed by atoms with van der Waals surface area (Å²) in [5.74, 6) is 0.406. The van der Waals surface area contributed by atoms with Crippen molar-refractivity contribution < 1.29 is 31.1 Å². The molecule has 1 aliphatic heterocycles. The van der Waals surface area contributed by atoms with E-state index in [4.69, 9.17) is 4.74 Å². The standard InChI is InChI=1S/C20H25N2O2.BrH/c1-20(2,3)24-19(23)22-14-18(15-22)17-9-11-21(12-10-17)13-16-7-5-4-6-8-16;/h4-12,18H,13-15H2,1-3H3;1H/q+1;/p-1. The largest absolute Gasteiger partial charge is 1.00 e. The molecule has 1 aromatic carbocycles. The van der Waals surface area contributed by atoms with Crippen molar-refractivity contribution in [2.45, 2.75) is 38.8 Å². The van der Waals surface area contributed by atoms with E-state index in [9.17, 15) is 4.79 Å². The summed E-state index contributed by atoms with van der Waals surface area (Å²) >= 11 is 0.